The molecular formula is C31H29ClN4O2. The first kappa shape index (κ1) is 25.6. The molecule has 7 heteroatoms. The first-order chi connectivity index (χ1) is 18.4. The summed E-state index contributed by atoms with van der Waals surface area (Å²) in [6.07, 6.45) is 2.88. The van der Waals surface area contributed by atoms with Crippen molar-refractivity contribution in [1.29, 1.82) is 0 Å². The molecule has 0 saturated carbocycles. The van der Waals surface area contributed by atoms with Crippen LogP contribution in [0.25, 0.3) is 11.3 Å². The minimum absolute atomic E-state index is 0.0471. The van der Waals surface area contributed by atoms with Crippen molar-refractivity contribution in [3.05, 3.63) is 113 Å². The third-order valence-corrected chi connectivity index (χ3v) is 6.98. The summed E-state index contributed by atoms with van der Waals surface area (Å²) in [6, 6.07) is 25.4. The van der Waals surface area contributed by atoms with Crippen LogP contribution in [-0.4, -0.2) is 52.7 Å². The highest BCUT2D eigenvalue weighted by Gasteiger charge is 2.22. The van der Waals surface area contributed by atoms with Gasteiger partial charge in [-0.1, -0.05) is 48.0 Å². The van der Waals surface area contributed by atoms with E-state index in [4.69, 9.17) is 16.6 Å². The van der Waals surface area contributed by atoms with Crippen LogP contribution in [0.15, 0.2) is 85.1 Å². The monoisotopic (exact) mass is 524 g/mol. The van der Waals surface area contributed by atoms with Gasteiger partial charge >= 0.3 is 0 Å². The van der Waals surface area contributed by atoms with E-state index < -0.39 is 0 Å². The second kappa shape index (κ2) is 11.6. The fourth-order valence-corrected chi connectivity index (χ4v) is 4.80. The van der Waals surface area contributed by atoms with E-state index in [2.05, 4.69) is 34.1 Å². The van der Waals surface area contributed by atoms with E-state index in [0.29, 0.717) is 36.5 Å². The van der Waals surface area contributed by atoms with E-state index in [1.165, 1.54) is 0 Å². The minimum atomic E-state index is 0.0471. The van der Waals surface area contributed by atoms with Crippen molar-refractivity contribution in [2.75, 3.05) is 31.1 Å². The standard InChI is InChI=1S/C31H29ClN4O2/c1-22(37)20-23-2-6-25(7-3-23)29-14-15-33-30(34-29)21-24-4-12-28(13-5-24)35-16-18-36(19-17-35)31(38)26-8-10-27(32)11-9-26/h2-15H,16-21H2,1H3. The minimum Gasteiger partial charge on any atom is -0.368 e. The first-order valence-corrected chi connectivity index (χ1v) is 13.1. The molecule has 3 aromatic carbocycles. The molecule has 0 unspecified atom stereocenters. The lowest BCUT2D eigenvalue weighted by Crippen LogP contribution is -2.48. The molecule has 192 valence electrons. The summed E-state index contributed by atoms with van der Waals surface area (Å²) in [7, 11) is 0. The summed E-state index contributed by atoms with van der Waals surface area (Å²) in [5.41, 5.74) is 5.83. The average molecular weight is 525 g/mol. The number of carbonyl (C=O) groups excluding carboxylic acids is 2. The number of nitrogens with zero attached hydrogens (tertiary/aromatic N) is 4. The Balaban J connectivity index is 1.18. The Hall–Kier alpha value is -4.03. The number of piperazine rings is 1. The van der Waals surface area contributed by atoms with E-state index in [9.17, 15) is 9.59 Å². The van der Waals surface area contributed by atoms with Crippen molar-refractivity contribution in [2.24, 2.45) is 0 Å². The highest BCUT2D eigenvalue weighted by molar-refractivity contribution is 6.30. The lowest BCUT2D eigenvalue weighted by molar-refractivity contribution is -0.116. The predicted molar refractivity (Wildman–Crippen MR) is 151 cm³/mol. The Morgan fingerprint density at radius 3 is 2.13 bits per heavy atom. The molecule has 2 heterocycles. The molecule has 0 N–H and O–H groups in total. The molecule has 1 aromatic heterocycles. The van der Waals surface area contributed by atoms with Gasteiger partial charge in [0.05, 0.1) is 5.69 Å². The molecule has 5 rings (SSSR count). The van der Waals surface area contributed by atoms with Crippen LogP contribution in [0.3, 0.4) is 0 Å². The van der Waals surface area contributed by atoms with E-state index in [0.717, 1.165) is 47.0 Å². The maximum Gasteiger partial charge on any atom is 0.253 e. The number of rotatable bonds is 7. The quantitative estimate of drug-likeness (QED) is 0.320. The van der Waals surface area contributed by atoms with Gasteiger partial charge in [0.2, 0.25) is 0 Å². The number of aromatic nitrogens is 2. The molecule has 1 fully saturated rings. The van der Waals surface area contributed by atoms with Crippen LogP contribution in [0.4, 0.5) is 5.69 Å². The number of halogens is 1. The molecular weight excluding hydrogens is 496 g/mol. The van der Waals surface area contributed by atoms with Crippen LogP contribution < -0.4 is 4.90 Å². The SMILES string of the molecule is CC(=O)Cc1ccc(-c2ccnc(Cc3ccc(N4CCN(C(=O)c5ccc(Cl)cc5)CC4)cc3)n2)cc1. The molecule has 1 aliphatic rings. The van der Waals surface area contributed by atoms with E-state index in [1.807, 2.05) is 35.2 Å². The van der Waals surface area contributed by atoms with Crippen LogP contribution in [-0.2, 0) is 17.6 Å². The van der Waals surface area contributed by atoms with Crippen molar-refractivity contribution in [1.82, 2.24) is 14.9 Å². The number of Topliss-reactive ketones (excluding diaryl/α,β-unsaturated/α-hetero) is 1. The van der Waals surface area contributed by atoms with Gasteiger partial charge in [-0.15, -0.1) is 0 Å². The molecule has 0 aliphatic carbocycles. The summed E-state index contributed by atoms with van der Waals surface area (Å²) >= 11 is 5.95. The highest BCUT2D eigenvalue weighted by atomic mass is 35.5. The van der Waals surface area contributed by atoms with Crippen LogP contribution in [0.5, 0.6) is 0 Å². The molecule has 1 amide bonds. The second-order valence-electron chi connectivity index (χ2n) is 9.56. The smallest absolute Gasteiger partial charge is 0.253 e. The number of anilines is 1. The van der Waals surface area contributed by atoms with Gasteiger partial charge in [0.25, 0.3) is 5.91 Å². The number of amides is 1. The number of hydrogen-bond donors (Lipinski definition) is 0. The maximum absolute atomic E-state index is 12.8. The predicted octanol–water partition coefficient (Wildman–Crippen LogP) is 5.48. The van der Waals surface area contributed by atoms with Gasteiger partial charge < -0.3 is 9.80 Å². The number of carbonyl (C=O) groups is 2. The third-order valence-electron chi connectivity index (χ3n) is 6.73. The molecule has 1 aliphatic heterocycles. The zero-order valence-corrected chi connectivity index (χ0v) is 22.1. The summed E-state index contributed by atoms with van der Waals surface area (Å²) in [4.78, 5) is 37.6. The summed E-state index contributed by atoms with van der Waals surface area (Å²) < 4.78 is 0. The van der Waals surface area contributed by atoms with Gasteiger partial charge in [0.15, 0.2) is 0 Å². The largest absolute Gasteiger partial charge is 0.368 e. The Kier molecular flexibility index (Phi) is 7.80. The molecule has 4 aromatic rings. The van der Waals surface area contributed by atoms with E-state index in [-0.39, 0.29) is 11.7 Å². The Labute approximate surface area is 227 Å². The molecule has 0 radical (unpaired) electrons. The van der Waals surface area contributed by atoms with Crippen LogP contribution in [0.1, 0.15) is 34.2 Å². The van der Waals surface area contributed by atoms with Gasteiger partial charge in [0.1, 0.15) is 11.6 Å². The fourth-order valence-electron chi connectivity index (χ4n) is 4.68. The summed E-state index contributed by atoms with van der Waals surface area (Å²) in [6.45, 7) is 4.53. The second-order valence-corrected chi connectivity index (χ2v) is 10.00. The lowest BCUT2D eigenvalue weighted by Gasteiger charge is -2.36. The number of hydrogen-bond acceptors (Lipinski definition) is 5. The number of benzene rings is 3. The molecule has 0 spiro atoms. The lowest BCUT2D eigenvalue weighted by atomic mass is 10.1. The van der Waals surface area contributed by atoms with Crippen molar-refractivity contribution < 1.29 is 9.59 Å². The van der Waals surface area contributed by atoms with Crippen molar-refractivity contribution >= 4 is 29.0 Å². The summed E-state index contributed by atoms with van der Waals surface area (Å²) in [5, 5.41) is 0.630. The van der Waals surface area contributed by atoms with Crippen molar-refractivity contribution in [3.63, 3.8) is 0 Å². The Morgan fingerprint density at radius 2 is 1.47 bits per heavy atom. The van der Waals surface area contributed by atoms with Gasteiger partial charge in [-0.2, -0.15) is 0 Å². The first-order valence-electron chi connectivity index (χ1n) is 12.7. The zero-order valence-electron chi connectivity index (χ0n) is 21.3. The molecule has 0 atom stereocenters. The normalized spacial score (nSPS) is 13.4. The van der Waals surface area contributed by atoms with Crippen molar-refractivity contribution in [3.8, 4) is 11.3 Å². The Bertz CT molecular complexity index is 1410. The molecule has 38 heavy (non-hydrogen) atoms. The van der Waals surface area contributed by atoms with Gasteiger partial charge in [-0.3, -0.25) is 9.59 Å². The third kappa shape index (κ3) is 6.26. The molecule has 6 nitrogen and oxygen atoms in total. The van der Waals surface area contributed by atoms with Crippen LogP contribution in [0.2, 0.25) is 5.02 Å². The summed E-state index contributed by atoms with van der Waals surface area (Å²) in [5.74, 6) is 0.961. The maximum atomic E-state index is 12.8. The van der Waals surface area contributed by atoms with E-state index >= 15 is 0 Å². The van der Waals surface area contributed by atoms with Gasteiger partial charge in [-0.05, 0) is 60.5 Å². The molecule has 1 saturated heterocycles. The highest BCUT2D eigenvalue weighted by Crippen LogP contribution is 2.21. The van der Waals surface area contributed by atoms with Crippen LogP contribution in [0, 0.1) is 0 Å². The van der Waals surface area contributed by atoms with E-state index in [1.54, 1.807) is 37.4 Å². The molecule has 0 bridgehead atoms. The van der Waals surface area contributed by atoms with Gasteiger partial charge in [0, 0.05) is 67.1 Å². The Morgan fingerprint density at radius 1 is 0.816 bits per heavy atom. The van der Waals surface area contributed by atoms with Gasteiger partial charge in [-0.25, -0.2) is 9.97 Å². The number of ketones is 1. The van der Waals surface area contributed by atoms with Crippen LogP contribution >= 0.6 is 11.6 Å². The topological polar surface area (TPSA) is 66.4 Å². The van der Waals surface area contributed by atoms with Crippen molar-refractivity contribution in [2.45, 2.75) is 19.8 Å². The average Bonchev–Trinajstić information content (AvgIpc) is 2.94. The fraction of sp³-hybridized carbons (Fsp3) is 0.226. The zero-order chi connectivity index (χ0) is 26.5.